The summed E-state index contributed by atoms with van der Waals surface area (Å²) in [5, 5.41) is 6.84. The third kappa shape index (κ3) is 7.31. The van der Waals surface area contributed by atoms with Gasteiger partial charge in [0, 0.05) is 44.2 Å². The van der Waals surface area contributed by atoms with Crippen LogP contribution in [0.5, 0.6) is 11.5 Å². The zero-order valence-electron chi connectivity index (χ0n) is 18.4. The van der Waals surface area contributed by atoms with Crippen LogP contribution in [0.1, 0.15) is 38.8 Å². The number of fused-ring (bicyclic) bond motifs is 1. The van der Waals surface area contributed by atoms with E-state index in [0.29, 0.717) is 13.2 Å². The van der Waals surface area contributed by atoms with Crippen molar-refractivity contribution in [3.63, 3.8) is 0 Å². The van der Waals surface area contributed by atoms with Crippen molar-refractivity contribution < 1.29 is 9.47 Å². The van der Waals surface area contributed by atoms with E-state index in [1.807, 2.05) is 6.92 Å². The number of hydrogen-bond acceptors (Lipinski definition) is 4. The highest BCUT2D eigenvalue weighted by Gasteiger charge is 2.22. The van der Waals surface area contributed by atoms with Gasteiger partial charge in [0.2, 0.25) is 0 Å². The summed E-state index contributed by atoms with van der Waals surface area (Å²) in [6.07, 6.45) is 1.17. The number of ether oxygens (including phenoxy) is 2. The molecule has 1 unspecified atom stereocenters. The summed E-state index contributed by atoms with van der Waals surface area (Å²) in [7, 11) is 5.99. The zero-order valence-corrected chi connectivity index (χ0v) is 20.7. The summed E-state index contributed by atoms with van der Waals surface area (Å²) < 4.78 is 11.8. The van der Waals surface area contributed by atoms with Crippen LogP contribution in [0.3, 0.4) is 0 Å². The molecule has 0 saturated heterocycles. The summed E-state index contributed by atoms with van der Waals surface area (Å²) in [4.78, 5) is 6.56. The Bertz CT molecular complexity index is 662. The van der Waals surface area contributed by atoms with E-state index in [1.165, 1.54) is 5.56 Å². The minimum absolute atomic E-state index is 0. The summed E-state index contributed by atoms with van der Waals surface area (Å²) in [5.74, 6) is 2.68. The van der Waals surface area contributed by atoms with Gasteiger partial charge in [-0.25, -0.2) is 0 Å². The first-order chi connectivity index (χ1) is 12.7. The molecule has 1 aliphatic rings. The van der Waals surface area contributed by atoms with Crippen molar-refractivity contribution in [3.05, 3.63) is 23.3 Å². The number of nitrogens with one attached hydrogen (secondary N) is 2. The van der Waals surface area contributed by atoms with Gasteiger partial charge in [-0.1, -0.05) is 13.8 Å². The van der Waals surface area contributed by atoms with Crippen LogP contribution in [0.4, 0.5) is 0 Å². The fourth-order valence-corrected chi connectivity index (χ4v) is 3.54. The fourth-order valence-electron chi connectivity index (χ4n) is 3.54. The monoisotopic (exact) mass is 504 g/mol. The van der Waals surface area contributed by atoms with Gasteiger partial charge in [-0.15, -0.1) is 24.0 Å². The summed E-state index contributed by atoms with van der Waals surface area (Å²) in [6, 6.07) is 4.22. The van der Waals surface area contributed by atoms with Gasteiger partial charge in [0.1, 0.15) is 17.6 Å². The van der Waals surface area contributed by atoms with Gasteiger partial charge < -0.3 is 25.0 Å². The zero-order chi connectivity index (χ0) is 20.0. The Kier molecular flexibility index (Phi) is 9.83. The lowest BCUT2D eigenvalue weighted by atomic mass is 9.93. The number of rotatable bonds is 8. The number of nitrogens with zero attached hydrogens (tertiary/aromatic N) is 2. The topological polar surface area (TPSA) is 58.1 Å². The lowest BCUT2D eigenvalue weighted by Crippen LogP contribution is -2.44. The third-order valence-electron chi connectivity index (χ3n) is 4.53. The standard InChI is InChI=1S/C21H36N4O2.HI/c1-8-26-18-10-16-9-15(2)27-19(16)11-17(18)12-23-20(22-5)24-13-21(3,4)14-25(6)7;/h10-11,15H,8-9,12-14H2,1-7H3,(H2,22,23,24);1H. The smallest absolute Gasteiger partial charge is 0.191 e. The molecule has 0 spiro atoms. The molecule has 0 amide bonds. The Morgan fingerprint density at radius 1 is 1.32 bits per heavy atom. The minimum Gasteiger partial charge on any atom is -0.494 e. The second kappa shape index (κ2) is 11.1. The molecular formula is C21H37IN4O2. The normalized spacial score (nSPS) is 16.3. The Hall–Kier alpha value is -1.22. The maximum atomic E-state index is 5.91. The number of benzene rings is 1. The molecule has 0 bridgehead atoms. The molecule has 2 N–H and O–H groups in total. The molecule has 0 aromatic heterocycles. The van der Waals surface area contributed by atoms with Crippen LogP contribution < -0.4 is 20.1 Å². The van der Waals surface area contributed by atoms with Crippen molar-refractivity contribution in [1.82, 2.24) is 15.5 Å². The molecule has 0 saturated carbocycles. The predicted octanol–water partition coefficient (Wildman–Crippen LogP) is 3.28. The second-order valence-corrected chi connectivity index (χ2v) is 8.31. The van der Waals surface area contributed by atoms with Crippen LogP contribution >= 0.6 is 24.0 Å². The second-order valence-electron chi connectivity index (χ2n) is 8.31. The van der Waals surface area contributed by atoms with Gasteiger partial charge in [-0.3, -0.25) is 4.99 Å². The largest absolute Gasteiger partial charge is 0.494 e. The van der Waals surface area contributed by atoms with Crippen molar-refractivity contribution in [2.75, 3.05) is 40.8 Å². The molecule has 6 nitrogen and oxygen atoms in total. The van der Waals surface area contributed by atoms with Crippen molar-refractivity contribution >= 4 is 29.9 Å². The third-order valence-corrected chi connectivity index (χ3v) is 4.53. The van der Waals surface area contributed by atoms with Crippen LogP contribution in [0.15, 0.2) is 17.1 Å². The van der Waals surface area contributed by atoms with Gasteiger partial charge in [0.05, 0.1) is 6.61 Å². The first-order valence-electron chi connectivity index (χ1n) is 9.78. The van der Waals surface area contributed by atoms with E-state index < -0.39 is 0 Å². The lowest BCUT2D eigenvalue weighted by Gasteiger charge is -2.29. The molecule has 0 aliphatic carbocycles. The summed E-state index contributed by atoms with van der Waals surface area (Å²) in [5.41, 5.74) is 2.46. The fraction of sp³-hybridized carbons (Fsp3) is 0.667. The highest BCUT2D eigenvalue weighted by molar-refractivity contribution is 14.0. The molecule has 160 valence electrons. The number of halogens is 1. The molecular weight excluding hydrogens is 467 g/mol. The Morgan fingerprint density at radius 2 is 2.04 bits per heavy atom. The number of aliphatic imine (C=N–C) groups is 1. The Labute approximate surface area is 187 Å². The maximum absolute atomic E-state index is 5.91. The quantitative estimate of drug-likeness (QED) is 0.324. The number of guanidine groups is 1. The van der Waals surface area contributed by atoms with Gasteiger partial charge in [-0.2, -0.15) is 0 Å². The van der Waals surface area contributed by atoms with Gasteiger partial charge in [0.25, 0.3) is 0 Å². The van der Waals surface area contributed by atoms with E-state index in [-0.39, 0.29) is 35.5 Å². The summed E-state index contributed by atoms with van der Waals surface area (Å²) >= 11 is 0. The van der Waals surface area contributed by atoms with E-state index >= 15 is 0 Å². The van der Waals surface area contributed by atoms with Gasteiger partial charge >= 0.3 is 0 Å². The first kappa shape index (κ1) is 24.8. The van der Waals surface area contributed by atoms with Crippen LogP contribution in [0.2, 0.25) is 0 Å². The van der Waals surface area contributed by atoms with Crippen LogP contribution in [0.25, 0.3) is 0 Å². The molecule has 1 aliphatic heterocycles. The maximum Gasteiger partial charge on any atom is 0.191 e. The molecule has 1 atom stereocenters. The molecule has 1 heterocycles. The highest BCUT2D eigenvalue weighted by atomic mass is 127. The minimum atomic E-state index is 0. The average Bonchev–Trinajstić information content (AvgIpc) is 2.93. The van der Waals surface area contributed by atoms with Crippen molar-refractivity contribution in [2.24, 2.45) is 10.4 Å². The molecule has 0 fully saturated rings. The molecule has 1 aromatic carbocycles. The molecule has 7 heteroatoms. The molecule has 28 heavy (non-hydrogen) atoms. The molecule has 1 aromatic rings. The predicted molar refractivity (Wildman–Crippen MR) is 127 cm³/mol. The SMILES string of the molecule is CCOc1cc2c(cc1CNC(=NC)NCC(C)(C)CN(C)C)OC(C)C2.I. The Balaban J connectivity index is 0.00000392. The van der Waals surface area contributed by atoms with Crippen LogP contribution in [-0.2, 0) is 13.0 Å². The van der Waals surface area contributed by atoms with Crippen LogP contribution in [0, 0.1) is 5.41 Å². The number of hydrogen-bond donors (Lipinski definition) is 2. The van der Waals surface area contributed by atoms with E-state index in [9.17, 15) is 0 Å². The van der Waals surface area contributed by atoms with Gasteiger partial charge in [-0.05, 0) is 45.5 Å². The lowest BCUT2D eigenvalue weighted by molar-refractivity contribution is 0.241. The van der Waals surface area contributed by atoms with E-state index in [1.54, 1.807) is 7.05 Å². The van der Waals surface area contributed by atoms with Crippen molar-refractivity contribution in [1.29, 1.82) is 0 Å². The first-order valence-corrected chi connectivity index (χ1v) is 9.78. The summed E-state index contributed by atoms with van der Waals surface area (Å²) in [6.45, 7) is 11.7. The van der Waals surface area contributed by atoms with E-state index in [4.69, 9.17) is 9.47 Å². The Morgan fingerprint density at radius 3 is 2.64 bits per heavy atom. The van der Waals surface area contributed by atoms with E-state index in [2.05, 4.69) is 67.5 Å². The van der Waals surface area contributed by atoms with Crippen LogP contribution in [-0.4, -0.2) is 57.8 Å². The molecule has 2 rings (SSSR count). The van der Waals surface area contributed by atoms with Crippen molar-refractivity contribution in [3.8, 4) is 11.5 Å². The highest BCUT2D eigenvalue weighted by Crippen LogP contribution is 2.35. The van der Waals surface area contributed by atoms with E-state index in [0.717, 1.165) is 42.5 Å². The van der Waals surface area contributed by atoms with Crippen molar-refractivity contribution in [2.45, 2.75) is 46.8 Å². The molecule has 0 radical (unpaired) electrons. The van der Waals surface area contributed by atoms with Gasteiger partial charge in [0.15, 0.2) is 5.96 Å². The average molecular weight is 504 g/mol.